The summed E-state index contributed by atoms with van der Waals surface area (Å²) in [6, 6.07) is 7.84. The Morgan fingerprint density at radius 3 is 2.41 bits per heavy atom. The van der Waals surface area contributed by atoms with Gasteiger partial charge in [0.25, 0.3) is 0 Å². The van der Waals surface area contributed by atoms with Crippen LogP contribution in [-0.4, -0.2) is 19.8 Å². The van der Waals surface area contributed by atoms with Crippen molar-refractivity contribution >= 4 is 15.9 Å². The van der Waals surface area contributed by atoms with Crippen LogP contribution in [0.25, 0.3) is 0 Å². The summed E-state index contributed by atoms with van der Waals surface area (Å²) in [5.41, 5.74) is 0. The summed E-state index contributed by atoms with van der Waals surface area (Å²) in [7, 11) is 0. The van der Waals surface area contributed by atoms with Crippen molar-refractivity contribution in [3.05, 3.63) is 28.7 Å². The van der Waals surface area contributed by atoms with Gasteiger partial charge < -0.3 is 9.47 Å². The van der Waals surface area contributed by atoms with Gasteiger partial charge in [0, 0.05) is 11.1 Å². The highest BCUT2D eigenvalue weighted by molar-refractivity contribution is 9.10. The number of hydrogen-bond donors (Lipinski definition) is 0. The van der Waals surface area contributed by atoms with Gasteiger partial charge >= 0.3 is 0 Å². The van der Waals surface area contributed by atoms with Crippen LogP contribution in [0.4, 0.5) is 0 Å². The molecule has 0 aliphatic rings. The molecule has 1 rings (SSSR count). The molecule has 0 saturated carbocycles. The van der Waals surface area contributed by atoms with E-state index in [0.717, 1.165) is 29.2 Å². The monoisotopic (exact) mass is 300 g/mol. The zero-order valence-electron chi connectivity index (χ0n) is 10.6. The molecule has 1 aromatic rings. The van der Waals surface area contributed by atoms with Crippen LogP contribution in [0.5, 0.6) is 5.75 Å². The van der Waals surface area contributed by atoms with Crippen LogP contribution >= 0.6 is 15.9 Å². The zero-order chi connectivity index (χ0) is 12.5. The fraction of sp³-hybridized carbons (Fsp3) is 0.571. The third-order valence-corrected chi connectivity index (χ3v) is 2.91. The van der Waals surface area contributed by atoms with E-state index in [2.05, 4.69) is 29.8 Å². The van der Waals surface area contributed by atoms with Gasteiger partial charge in [-0.15, -0.1) is 0 Å². The standard InChI is InChI=1S/C14H21BrO2/c1-12(2)4-3-9-16-10-11-17-14-7-5-13(15)6-8-14/h5-8,12H,3-4,9-11H2,1-2H3. The van der Waals surface area contributed by atoms with Gasteiger partial charge in [0.1, 0.15) is 12.4 Å². The number of benzene rings is 1. The average molecular weight is 301 g/mol. The van der Waals surface area contributed by atoms with Gasteiger partial charge in [-0.25, -0.2) is 0 Å². The molecule has 0 aromatic heterocycles. The Labute approximate surface area is 112 Å². The Bertz CT molecular complexity index is 296. The molecule has 0 aliphatic carbocycles. The minimum absolute atomic E-state index is 0.614. The molecular weight excluding hydrogens is 280 g/mol. The van der Waals surface area contributed by atoms with E-state index in [1.54, 1.807) is 0 Å². The smallest absolute Gasteiger partial charge is 0.119 e. The molecule has 0 aliphatic heterocycles. The molecule has 2 nitrogen and oxygen atoms in total. The van der Waals surface area contributed by atoms with Gasteiger partial charge in [-0.2, -0.15) is 0 Å². The Balaban J connectivity index is 1.99. The molecule has 1 aromatic carbocycles. The first-order valence-corrected chi connectivity index (χ1v) is 6.94. The van der Waals surface area contributed by atoms with Gasteiger partial charge in [0.15, 0.2) is 0 Å². The molecular formula is C14H21BrO2. The lowest BCUT2D eigenvalue weighted by Gasteiger charge is -2.08. The molecule has 0 spiro atoms. The SMILES string of the molecule is CC(C)CCCOCCOc1ccc(Br)cc1. The topological polar surface area (TPSA) is 18.5 Å². The summed E-state index contributed by atoms with van der Waals surface area (Å²) < 4.78 is 12.1. The lowest BCUT2D eigenvalue weighted by molar-refractivity contribution is 0.0957. The summed E-state index contributed by atoms with van der Waals surface area (Å²) in [5.74, 6) is 1.65. The van der Waals surface area contributed by atoms with Gasteiger partial charge in [0.2, 0.25) is 0 Å². The first kappa shape index (κ1) is 14.5. The summed E-state index contributed by atoms with van der Waals surface area (Å²) in [6.07, 6.45) is 2.36. The predicted octanol–water partition coefficient (Wildman–Crippen LogP) is 4.28. The van der Waals surface area contributed by atoms with Crippen molar-refractivity contribution in [2.75, 3.05) is 19.8 Å². The van der Waals surface area contributed by atoms with E-state index in [9.17, 15) is 0 Å². The highest BCUT2D eigenvalue weighted by Crippen LogP contribution is 2.15. The molecule has 0 fully saturated rings. The first-order valence-electron chi connectivity index (χ1n) is 6.14. The van der Waals surface area contributed by atoms with Crippen molar-refractivity contribution in [1.29, 1.82) is 0 Å². The summed E-state index contributed by atoms with van der Waals surface area (Å²) in [6.45, 7) is 6.58. The van der Waals surface area contributed by atoms with Crippen molar-refractivity contribution in [2.24, 2.45) is 5.92 Å². The van der Waals surface area contributed by atoms with E-state index in [0.29, 0.717) is 13.2 Å². The summed E-state index contributed by atoms with van der Waals surface area (Å²) in [5, 5.41) is 0. The van der Waals surface area contributed by atoms with Gasteiger partial charge in [-0.05, 0) is 43.0 Å². The quantitative estimate of drug-likeness (QED) is 0.667. The van der Waals surface area contributed by atoms with Crippen LogP contribution in [0.2, 0.25) is 0 Å². The van der Waals surface area contributed by atoms with Crippen LogP contribution in [0, 0.1) is 5.92 Å². The third-order valence-electron chi connectivity index (χ3n) is 2.38. The largest absolute Gasteiger partial charge is 0.491 e. The minimum Gasteiger partial charge on any atom is -0.491 e. The molecule has 0 amide bonds. The van der Waals surface area contributed by atoms with E-state index >= 15 is 0 Å². The second-order valence-electron chi connectivity index (χ2n) is 4.45. The molecule has 3 heteroatoms. The van der Waals surface area contributed by atoms with Gasteiger partial charge in [0.05, 0.1) is 6.61 Å². The number of ether oxygens (including phenoxy) is 2. The second kappa shape index (κ2) is 8.54. The number of hydrogen-bond acceptors (Lipinski definition) is 2. The molecule has 0 bridgehead atoms. The Kier molecular flexibility index (Phi) is 7.29. The molecule has 0 unspecified atom stereocenters. The highest BCUT2D eigenvalue weighted by Gasteiger charge is 1.96. The van der Waals surface area contributed by atoms with Crippen LogP contribution in [0.3, 0.4) is 0 Å². The molecule has 0 saturated heterocycles. The van der Waals surface area contributed by atoms with Crippen molar-refractivity contribution in [3.8, 4) is 5.75 Å². The first-order chi connectivity index (χ1) is 8.18. The van der Waals surface area contributed by atoms with Crippen molar-refractivity contribution in [1.82, 2.24) is 0 Å². The maximum Gasteiger partial charge on any atom is 0.119 e. The third kappa shape index (κ3) is 7.40. The van der Waals surface area contributed by atoms with Crippen LogP contribution in [-0.2, 0) is 4.74 Å². The molecule has 0 radical (unpaired) electrons. The predicted molar refractivity (Wildman–Crippen MR) is 74.5 cm³/mol. The molecule has 96 valence electrons. The normalized spacial score (nSPS) is 10.8. The highest BCUT2D eigenvalue weighted by atomic mass is 79.9. The molecule has 0 N–H and O–H groups in total. The van der Waals surface area contributed by atoms with Crippen LogP contribution in [0.1, 0.15) is 26.7 Å². The van der Waals surface area contributed by atoms with E-state index in [1.165, 1.54) is 6.42 Å². The second-order valence-corrected chi connectivity index (χ2v) is 5.37. The zero-order valence-corrected chi connectivity index (χ0v) is 12.2. The van der Waals surface area contributed by atoms with E-state index < -0.39 is 0 Å². The Morgan fingerprint density at radius 2 is 1.76 bits per heavy atom. The summed E-state index contributed by atoms with van der Waals surface area (Å²) in [4.78, 5) is 0. The van der Waals surface area contributed by atoms with Crippen LogP contribution in [0.15, 0.2) is 28.7 Å². The van der Waals surface area contributed by atoms with E-state index in [4.69, 9.17) is 9.47 Å². The lowest BCUT2D eigenvalue weighted by Crippen LogP contribution is -2.07. The Hall–Kier alpha value is -0.540. The van der Waals surface area contributed by atoms with Crippen LogP contribution < -0.4 is 4.74 Å². The summed E-state index contributed by atoms with van der Waals surface area (Å²) >= 11 is 3.39. The van der Waals surface area contributed by atoms with E-state index in [1.807, 2.05) is 24.3 Å². The number of halogens is 1. The van der Waals surface area contributed by atoms with Crippen molar-refractivity contribution in [2.45, 2.75) is 26.7 Å². The van der Waals surface area contributed by atoms with Gasteiger partial charge in [-0.3, -0.25) is 0 Å². The molecule has 0 heterocycles. The fourth-order valence-electron chi connectivity index (χ4n) is 1.44. The maximum absolute atomic E-state index is 5.54. The molecule has 17 heavy (non-hydrogen) atoms. The lowest BCUT2D eigenvalue weighted by atomic mass is 10.1. The van der Waals surface area contributed by atoms with E-state index in [-0.39, 0.29) is 0 Å². The average Bonchev–Trinajstić information content (AvgIpc) is 2.30. The fourth-order valence-corrected chi connectivity index (χ4v) is 1.71. The van der Waals surface area contributed by atoms with Crippen molar-refractivity contribution in [3.63, 3.8) is 0 Å². The minimum atomic E-state index is 0.614. The maximum atomic E-state index is 5.54. The number of rotatable bonds is 8. The molecule has 0 atom stereocenters. The Morgan fingerprint density at radius 1 is 1.06 bits per heavy atom. The van der Waals surface area contributed by atoms with Crippen molar-refractivity contribution < 1.29 is 9.47 Å². The van der Waals surface area contributed by atoms with Gasteiger partial charge in [-0.1, -0.05) is 29.8 Å².